The summed E-state index contributed by atoms with van der Waals surface area (Å²) in [6.45, 7) is 6.89. The number of ether oxygens (including phenoxy) is 3. The highest BCUT2D eigenvalue weighted by Gasteiger charge is 2.19. The highest BCUT2D eigenvalue weighted by atomic mass is 35.5. The number of halogens is 1. The van der Waals surface area contributed by atoms with Crippen LogP contribution in [0, 0.1) is 0 Å². The van der Waals surface area contributed by atoms with Crippen LogP contribution in [0.4, 0.5) is 11.4 Å². The van der Waals surface area contributed by atoms with Crippen LogP contribution in [0.25, 0.3) is 0 Å². The first-order chi connectivity index (χ1) is 12.5. The zero-order chi connectivity index (χ0) is 19.1. The van der Waals surface area contributed by atoms with Crippen LogP contribution in [-0.2, 0) is 0 Å². The lowest BCUT2D eigenvalue weighted by molar-refractivity contribution is 0.102. The van der Waals surface area contributed by atoms with Crippen molar-refractivity contribution in [2.24, 2.45) is 0 Å². The van der Waals surface area contributed by atoms with Gasteiger partial charge in [-0.2, -0.15) is 0 Å². The molecule has 0 aliphatic carbocycles. The van der Waals surface area contributed by atoms with Crippen LogP contribution in [0.3, 0.4) is 0 Å². The molecule has 2 aromatic carbocycles. The molecule has 3 N–H and O–H groups in total. The van der Waals surface area contributed by atoms with Crippen molar-refractivity contribution in [2.75, 3.05) is 30.9 Å². The van der Waals surface area contributed by atoms with Crippen LogP contribution in [0.5, 0.6) is 17.2 Å². The average molecular weight is 379 g/mol. The Balaban J connectivity index is 2.40. The zero-order valence-electron chi connectivity index (χ0n) is 15.1. The van der Waals surface area contributed by atoms with Crippen molar-refractivity contribution in [3.8, 4) is 17.2 Å². The Morgan fingerprint density at radius 1 is 1.00 bits per heavy atom. The van der Waals surface area contributed by atoms with Gasteiger partial charge in [-0.25, -0.2) is 0 Å². The van der Waals surface area contributed by atoms with E-state index in [0.29, 0.717) is 59.0 Å². The standard InChI is InChI=1S/C19H23ClN2O4/c1-4-24-16-9-12(10-17(25-5-2)18(16)26-6-3)19(23)22-15-11-13(21)7-8-14(15)20/h7-11H,4-6,21H2,1-3H3,(H,22,23). The second-order valence-corrected chi connectivity index (χ2v) is 5.70. The van der Waals surface area contributed by atoms with E-state index in [1.807, 2.05) is 20.8 Å². The molecule has 0 fully saturated rings. The molecule has 0 aliphatic rings. The molecule has 0 radical (unpaired) electrons. The largest absolute Gasteiger partial charge is 0.490 e. The third-order valence-electron chi connectivity index (χ3n) is 3.41. The first-order valence-corrected chi connectivity index (χ1v) is 8.80. The summed E-state index contributed by atoms with van der Waals surface area (Å²) in [5.41, 5.74) is 7.05. The number of nitrogens with two attached hydrogens (primary N) is 1. The van der Waals surface area contributed by atoms with Crippen LogP contribution in [0.1, 0.15) is 31.1 Å². The van der Waals surface area contributed by atoms with Gasteiger partial charge in [-0.05, 0) is 51.1 Å². The lowest BCUT2D eigenvalue weighted by Gasteiger charge is -2.17. The summed E-state index contributed by atoms with van der Waals surface area (Å²) in [5.74, 6) is 1.02. The molecular weight excluding hydrogens is 356 g/mol. The van der Waals surface area contributed by atoms with Gasteiger partial charge in [0.15, 0.2) is 11.5 Å². The normalized spacial score (nSPS) is 10.3. The van der Waals surface area contributed by atoms with Crippen molar-refractivity contribution in [1.82, 2.24) is 0 Å². The molecule has 0 aliphatic heterocycles. The number of carbonyl (C=O) groups is 1. The number of amides is 1. The molecule has 7 heteroatoms. The number of nitrogen functional groups attached to an aromatic ring is 1. The molecule has 0 spiro atoms. The molecule has 0 saturated heterocycles. The molecule has 0 bridgehead atoms. The molecule has 0 atom stereocenters. The summed E-state index contributed by atoms with van der Waals surface area (Å²) in [4.78, 5) is 12.7. The van der Waals surface area contributed by atoms with Gasteiger partial charge < -0.3 is 25.3 Å². The molecule has 140 valence electrons. The minimum absolute atomic E-state index is 0.359. The highest BCUT2D eigenvalue weighted by Crippen LogP contribution is 2.39. The summed E-state index contributed by atoms with van der Waals surface area (Å²) in [5, 5.41) is 3.15. The lowest BCUT2D eigenvalue weighted by atomic mass is 10.1. The van der Waals surface area contributed by atoms with E-state index in [1.165, 1.54) is 0 Å². The van der Waals surface area contributed by atoms with E-state index in [-0.39, 0.29) is 5.91 Å². The van der Waals surface area contributed by atoms with Crippen LogP contribution in [0.2, 0.25) is 5.02 Å². The van der Waals surface area contributed by atoms with Crippen molar-refractivity contribution in [3.63, 3.8) is 0 Å². The molecule has 26 heavy (non-hydrogen) atoms. The lowest BCUT2D eigenvalue weighted by Crippen LogP contribution is -2.14. The monoisotopic (exact) mass is 378 g/mol. The highest BCUT2D eigenvalue weighted by molar-refractivity contribution is 6.34. The second-order valence-electron chi connectivity index (χ2n) is 5.29. The fourth-order valence-corrected chi connectivity index (χ4v) is 2.52. The van der Waals surface area contributed by atoms with Gasteiger partial charge in [0, 0.05) is 11.3 Å². The summed E-state index contributed by atoms with van der Waals surface area (Å²) in [6, 6.07) is 8.12. The maximum absolute atomic E-state index is 12.7. The first kappa shape index (κ1) is 19.7. The average Bonchev–Trinajstić information content (AvgIpc) is 2.61. The van der Waals surface area contributed by atoms with Gasteiger partial charge in [0.25, 0.3) is 5.91 Å². The number of benzene rings is 2. The quantitative estimate of drug-likeness (QED) is 0.666. The maximum Gasteiger partial charge on any atom is 0.255 e. The molecule has 1 amide bonds. The van der Waals surface area contributed by atoms with E-state index >= 15 is 0 Å². The van der Waals surface area contributed by atoms with Crippen molar-refractivity contribution >= 4 is 28.9 Å². The Bertz CT molecular complexity index is 753. The Morgan fingerprint density at radius 2 is 1.58 bits per heavy atom. The predicted octanol–water partition coefficient (Wildman–Crippen LogP) is 4.37. The summed E-state index contributed by atoms with van der Waals surface area (Å²) in [6.07, 6.45) is 0. The summed E-state index contributed by atoms with van der Waals surface area (Å²) in [7, 11) is 0. The van der Waals surface area contributed by atoms with Crippen molar-refractivity contribution < 1.29 is 19.0 Å². The molecule has 2 aromatic rings. The van der Waals surface area contributed by atoms with Crippen molar-refractivity contribution in [1.29, 1.82) is 0 Å². The Kier molecular flexibility index (Phi) is 6.97. The molecule has 0 heterocycles. The van der Waals surface area contributed by atoms with Crippen molar-refractivity contribution in [2.45, 2.75) is 20.8 Å². The van der Waals surface area contributed by atoms with E-state index in [4.69, 9.17) is 31.5 Å². The first-order valence-electron chi connectivity index (χ1n) is 8.42. The smallest absolute Gasteiger partial charge is 0.255 e. The molecule has 6 nitrogen and oxygen atoms in total. The van der Waals surface area contributed by atoms with Gasteiger partial charge in [0.2, 0.25) is 5.75 Å². The van der Waals surface area contributed by atoms with Gasteiger partial charge in [-0.3, -0.25) is 4.79 Å². The number of anilines is 2. The Labute approximate surface area is 158 Å². The van der Waals surface area contributed by atoms with Gasteiger partial charge in [0.05, 0.1) is 30.5 Å². The fourth-order valence-electron chi connectivity index (χ4n) is 2.35. The number of rotatable bonds is 8. The van der Waals surface area contributed by atoms with Crippen LogP contribution in [-0.4, -0.2) is 25.7 Å². The van der Waals surface area contributed by atoms with Crippen LogP contribution in [0.15, 0.2) is 30.3 Å². The third-order valence-corrected chi connectivity index (χ3v) is 3.74. The van der Waals surface area contributed by atoms with Crippen LogP contribution < -0.4 is 25.3 Å². The van der Waals surface area contributed by atoms with E-state index in [1.54, 1.807) is 30.3 Å². The number of nitrogens with one attached hydrogen (secondary N) is 1. The zero-order valence-corrected chi connectivity index (χ0v) is 15.9. The maximum atomic E-state index is 12.7. The summed E-state index contributed by atoms with van der Waals surface area (Å²) < 4.78 is 16.9. The van der Waals surface area contributed by atoms with E-state index < -0.39 is 0 Å². The van der Waals surface area contributed by atoms with Gasteiger partial charge in [-0.15, -0.1) is 0 Å². The Hall–Kier alpha value is -2.60. The SMILES string of the molecule is CCOc1cc(C(=O)Nc2cc(N)ccc2Cl)cc(OCC)c1OCC. The molecule has 2 rings (SSSR count). The van der Waals surface area contributed by atoms with Crippen molar-refractivity contribution in [3.05, 3.63) is 40.9 Å². The molecule has 0 saturated carbocycles. The van der Waals surface area contributed by atoms with Gasteiger partial charge in [0.1, 0.15) is 0 Å². The summed E-state index contributed by atoms with van der Waals surface area (Å²) >= 11 is 6.12. The minimum Gasteiger partial charge on any atom is -0.490 e. The molecule has 0 aromatic heterocycles. The van der Waals surface area contributed by atoms with Gasteiger partial charge >= 0.3 is 0 Å². The topological polar surface area (TPSA) is 82.8 Å². The van der Waals surface area contributed by atoms with Crippen LogP contribution >= 0.6 is 11.6 Å². The number of hydrogen-bond acceptors (Lipinski definition) is 5. The molecular formula is C19H23ClN2O4. The fraction of sp³-hybridized carbons (Fsp3) is 0.316. The van der Waals surface area contributed by atoms with E-state index in [0.717, 1.165) is 0 Å². The van der Waals surface area contributed by atoms with E-state index in [9.17, 15) is 4.79 Å². The number of carbonyl (C=O) groups excluding carboxylic acids is 1. The molecule has 0 unspecified atom stereocenters. The van der Waals surface area contributed by atoms with Gasteiger partial charge in [-0.1, -0.05) is 11.6 Å². The third kappa shape index (κ3) is 4.73. The number of hydrogen-bond donors (Lipinski definition) is 2. The second kappa shape index (κ2) is 9.20. The Morgan fingerprint density at radius 3 is 2.12 bits per heavy atom. The van der Waals surface area contributed by atoms with E-state index in [2.05, 4.69) is 5.32 Å². The predicted molar refractivity (Wildman–Crippen MR) is 104 cm³/mol. The minimum atomic E-state index is -0.359.